The van der Waals surface area contributed by atoms with E-state index in [0.29, 0.717) is 21.6 Å². The van der Waals surface area contributed by atoms with E-state index in [1.54, 1.807) is 33.0 Å². The fraction of sp³-hybridized carbons (Fsp3) is 0.333. The molecule has 41 heavy (non-hydrogen) atoms. The number of H-pyrrole nitrogens is 1. The topological polar surface area (TPSA) is 182 Å². The highest BCUT2D eigenvalue weighted by Crippen LogP contribution is 2.28. The SMILES string of the molecule is CC(C)(C)N(CC(=O)O)Nc1nc(-c2c[nH]c3ncc(Cl)cc23)ncc1F.O=C(O)C(F)(F)F.O=C(O)C(F)(F)F. The number of alkyl halides is 6. The zero-order valence-corrected chi connectivity index (χ0v) is 21.7. The van der Waals surface area contributed by atoms with Crippen LogP contribution in [0.3, 0.4) is 0 Å². The van der Waals surface area contributed by atoms with Gasteiger partial charge in [-0.15, -0.1) is 0 Å². The molecule has 12 nitrogen and oxygen atoms in total. The summed E-state index contributed by atoms with van der Waals surface area (Å²) >= 11 is 6.01. The Morgan fingerprint density at radius 3 is 1.93 bits per heavy atom. The second-order valence-corrected chi connectivity index (χ2v) is 8.95. The van der Waals surface area contributed by atoms with Crippen molar-refractivity contribution >= 4 is 46.4 Å². The number of nitrogens with one attached hydrogen (secondary N) is 2. The highest BCUT2D eigenvalue weighted by atomic mass is 35.5. The van der Waals surface area contributed by atoms with Crippen molar-refractivity contribution < 1.29 is 60.4 Å². The summed E-state index contributed by atoms with van der Waals surface area (Å²) in [6, 6.07) is 1.71. The summed E-state index contributed by atoms with van der Waals surface area (Å²) in [4.78, 5) is 44.4. The molecular weight excluding hydrogens is 601 g/mol. The van der Waals surface area contributed by atoms with Gasteiger partial charge >= 0.3 is 30.3 Å². The molecule has 0 aliphatic carbocycles. The number of aromatic amines is 1. The molecule has 0 unspecified atom stereocenters. The van der Waals surface area contributed by atoms with Gasteiger partial charge in [0, 0.05) is 28.9 Å². The Bertz CT molecular complexity index is 1370. The second kappa shape index (κ2) is 13.4. The fourth-order valence-corrected chi connectivity index (χ4v) is 2.60. The lowest BCUT2D eigenvalue weighted by Crippen LogP contribution is -2.48. The van der Waals surface area contributed by atoms with E-state index < -0.39 is 41.6 Å². The van der Waals surface area contributed by atoms with Crippen LogP contribution in [-0.2, 0) is 14.4 Å². The quantitative estimate of drug-likeness (QED) is 0.199. The number of carboxylic acids is 3. The minimum absolute atomic E-state index is 0.125. The average molecular weight is 621 g/mol. The highest BCUT2D eigenvalue weighted by molar-refractivity contribution is 6.31. The molecule has 226 valence electrons. The van der Waals surface area contributed by atoms with Crippen LogP contribution in [0.5, 0.6) is 0 Å². The fourth-order valence-electron chi connectivity index (χ4n) is 2.45. The van der Waals surface area contributed by atoms with Gasteiger partial charge < -0.3 is 20.3 Å². The van der Waals surface area contributed by atoms with Crippen molar-refractivity contribution in [1.29, 1.82) is 0 Å². The molecule has 3 heterocycles. The standard InChI is InChI=1S/C17H18ClFN6O2.2C2HF3O2/c1-17(2,3)25(8-13(26)27)24-16-12(19)7-22-15(23-16)11-6-21-14-10(11)4-9(18)5-20-14;2*3-2(4,5)1(6)7/h4-7H,8H2,1-3H3,(H,20,21)(H,26,27)(H,22,23,24);2*(H,6,7). The smallest absolute Gasteiger partial charge is 0.480 e. The van der Waals surface area contributed by atoms with E-state index in [9.17, 15) is 35.5 Å². The van der Waals surface area contributed by atoms with Crippen LogP contribution >= 0.6 is 11.6 Å². The number of rotatable bonds is 5. The molecule has 3 aromatic rings. The maximum atomic E-state index is 14.3. The number of pyridine rings is 1. The second-order valence-electron chi connectivity index (χ2n) is 8.51. The van der Waals surface area contributed by atoms with Crippen LogP contribution in [0.25, 0.3) is 22.4 Å². The lowest BCUT2D eigenvalue weighted by atomic mass is 10.1. The minimum Gasteiger partial charge on any atom is -0.480 e. The van der Waals surface area contributed by atoms with E-state index >= 15 is 0 Å². The average Bonchev–Trinajstić information content (AvgIpc) is 3.21. The predicted molar refractivity (Wildman–Crippen MR) is 127 cm³/mol. The van der Waals surface area contributed by atoms with E-state index in [1.807, 2.05) is 0 Å². The summed E-state index contributed by atoms with van der Waals surface area (Å²) < 4.78 is 77.7. The van der Waals surface area contributed by atoms with E-state index in [1.165, 1.54) is 11.2 Å². The summed E-state index contributed by atoms with van der Waals surface area (Å²) in [5, 5.41) is 25.9. The van der Waals surface area contributed by atoms with Gasteiger partial charge in [-0.3, -0.25) is 10.2 Å². The molecule has 0 spiro atoms. The Morgan fingerprint density at radius 1 is 0.976 bits per heavy atom. The van der Waals surface area contributed by atoms with Crippen LogP contribution in [0.2, 0.25) is 5.02 Å². The van der Waals surface area contributed by atoms with Crippen molar-refractivity contribution in [1.82, 2.24) is 24.9 Å². The number of hydrogen-bond acceptors (Lipinski definition) is 8. The molecule has 0 atom stereocenters. The number of carbonyl (C=O) groups is 3. The first-order valence-electron chi connectivity index (χ1n) is 10.6. The minimum atomic E-state index is -5.08. The Labute approximate surface area is 229 Å². The number of nitrogens with zero attached hydrogens (tertiary/aromatic N) is 4. The van der Waals surface area contributed by atoms with Crippen LogP contribution in [0.15, 0.2) is 24.7 Å². The van der Waals surface area contributed by atoms with Gasteiger partial charge in [0.2, 0.25) is 0 Å². The summed E-state index contributed by atoms with van der Waals surface area (Å²) in [6.07, 6.45) is -5.97. The largest absolute Gasteiger partial charge is 0.490 e. The third-order valence-corrected chi connectivity index (χ3v) is 4.52. The normalized spacial score (nSPS) is 11.7. The molecule has 0 fully saturated rings. The first kappa shape index (κ1) is 34.8. The molecule has 0 aliphatic rings. The summed E-state index contributed by atoms with van der Waals surface area (Å²) in [7, 11) is 0. The molecule has 20 heteroatoms. The number of anilines is 1. The molecule has 0 saturated heterocycles. The van der Waals surface area contributed by atoms with Crippen LogP contribution in [0, 0.1) is 5.82 Å². The van der Waals surface area contributed by atoms with Crippen molar-refractivity contribution in [3.8, 4) is 11.4 Å². The van der Waals surface area contributed by atoms with Crippen molar-refractivity contribution in [2.45, 2.75) is 38.7 Å². The molecule has 3 rings (SSSR count). The van der Waals surface area contributed by atoms with Gasteiger partial charge in [-0.1, -0.05) is 11.6 Å². The lowest BCUT2D eigenvalue weighted by Gasteiger charge is -2.34. The molecule has 3 aromatic heterocycles. The van der Waals surface area contributed by atoms with Gasteiger partial charge in [-0.25, -0.2) is 33.9 Å². The summed E-state index contributed by atoms with van der Waals surface area (Å²) in [6.45, 7) is 5.07. The summed E-state index contributed by atoms with van der Waals surface area (Å²) in [5.41, 5.74) is 3.36. The molecular formula is C21H20ClF7N6O6. The molecule has 5 N–H and O–H groups in total. The molecule has 0 aromatic carbocycles. The van der Waals surface area contributed by atoms with E-state index in [2.05, 4.69) is 25.4 Å². The lowest BCUT2D eigenvalue weighted by molar-refractivity contribution is -0.193. The third-order valence-electron chi connectivity index (χ3n) is 4.31. The van der Waals surface area contributed by atoms with Crippen LogP contribution in [0.4, 0.5) is 36.6 Å². The first-order valence-corrected chi connectivity index (χ1v) is 10.9. The Balaban J connectivity index is 0.000000497. The van der Waals surface area contributed by atoms with Crippen LogP contribution in [0.1, 0.15) is 20.8 Å². The number of hydrogen-bond donors (Lipinski definition) is 5. The Hall–Kier alpha value is -4.26. The maximum Gasteiger partial charge on any atom is 0.490 e. The maximum absolute atomic E-state index is 14.3. The highest BCUT2D eigenvalue weighted by Gasteiger charge is 2.38. The van der Waals surface area contributed by atoms with Crippen molar-refractivity contribution in [2.75, 3.05) is 12.0 Å². The number of hydrazine groups is 1. The number of aliphatic carboxylic acids is 3. The Kier molecular flexibility index (Phi) is 11.4. The van der Waals surface area contributed by atoms with Gasteiger partial charge in [0.1, 0.15) is 12.2 Å². The molecule has 0 radical (unpaired) electrons. The van der Waals surface area contributed by atoms with Gasteiger partial charge in [-0.05, 0) is 26.8 Å². The number of carboxylic acid groups (broad SMARTS) is 3. The first-order chi connectivity index (χ1) is 18.5. The molecule has 0 saturated carbocycles. The number of aromatic nitrogens is 4. The van der Waals surface area contributed by atoms with E-state index in [0.717, 1.165) is 6.20 Å². The van der Waals surface area contributed by atoms with Gasteiger partial charge in [0.05, 0.1) is 11.2 Å². The van der Waals surface area contributed by atoms with Gasteiger partial charge in [-0.2, -0.15) is 26.3 Å². The number of halogens is 8. The summed E-state index contributed by atoms with van der Waals surface area (Å²) in [5.74, 6) is -7.14. The zero-order chi connectivity index (χ0) is 31.9. The van der Waals surface area contributed by atoms with Gasteiger partial charge in [0.15, 0.2) is 17.5 Å². The van der Waals surface area contributed by atoms with Gasteiger partial charge in [0.25, 0.3) is 0 Å². The number of fused-ring (bicyclic) bond motifs is 1. The predicted octanol–water partition coefficient (Wildman–Crippen LogP) is 4.59. The molecule has 0 aliphatic heterocycles. The zero-order valence-electron chi connectivity index (χ0n) is 20.9. The third kappa shape index (κ3) is 11.0. The van der Waals surface area contributed by atoms with E-state index in [4.69, 9.17) is 36.5 Å². The monoisotopic (exact) mass is 620 g/mol. The van der Waals surface area contributed by atoms with Crippen molar-refractivity contribution in [2.24, 2.45) is 0 Å². The van der Waals surface area contributed by atoms with Crippen molar-refractivity contribution in [3.63, 3.8) is 0 Å². The molecule has 0 bridgehead atoms. The van der Waals surface area contributed by atoms with Crippen LogP contribution in [-0.4, -0.2) is 82.6 Å². The van der Waals surface area contributed by atoms with E-state index in [-0.39, 0.29) is 18.2 Å². The van der Waals surface area contributed by atoms with Crippen LogP contribution < -0.4 is 5.43 Å². The Morgan fingerprint density at radius 2 is 1.49 bits per heavy atom. The van der Waals surface area contributed by atoms with Crippen molar-refractivity contribution in [3.05, 3.63) is 35.5 Å². The molecule has 0 amide bonds.